The van der Waals surface area contributed by atoms with Crippen molar-refractivity contribution in [1.82, 2.24) is 4.98 Å². The molecule has 1 amide bonds. The highest BCUT2D eigenvalue weighted by Crippen LogP contribution is 2.27. The number of thioether (sulfide) groups is 1. The second-order valence-corrected chi connectivity index (χ2v) is 8.82. The average Bonchev–Trinajstić information content (AvgIpc) is 2.67. The van der Waals surface area contributed by atoms with Crippen LogP contribution in [0.4, 0.5) is 14.6 Å². The van der Waals surface area contributed by atoms with Crippen LogP contribution < -0.4 is 11.1 Å². The fraction of sp³-hybridized carbons (Fsp3) is 0.318. The molecule has 32 heavy (non-hydrogen) atoms. The van der Waals surface area contributed by atoms with Crippen LogP contribution in [0.15, 0.2) is 47.4 Å². The van der Waals surface area contributed by atoms with E-state index in [1.165, 1.54) is 26.2 Å². The van der Waals surface area contributed by atoms with E-state index in [4.69, 9.17) is 5.73 Å². The predicted molar refractivity (Wildman–Crippen MR) is 122 cm³/mol. The van der Waals surface area contributed by atoms with Crippen molar-refractivity contribution in [3.63, 3.8) is 0 Å². The van der Waals surface area contributed by atoms with Gasteiger partial charge >= 0.3 is 0 Å². The quantitative estimate of drug-likeness (QED) is 0.283. The summed E-state index contributed by atoms with van der Waals surface area (Å²) >= 11 is 0.924. The number of anilines is 1. The molecule has 1 aromatic heterocycles. The number of aliphatic hydroxyl groups is 2. The average molecular weight is 465 g/mol. The molecule has 1 heterocycles. The SMILES string of the molecule is CSC(=N/C(=C/Nc1ccc(C(C)(C)O)cn1)C(N)=O)c1c(F)cc(C(C)(C)O)cc1F. The van der Waals surface area contributed by atoms with Gasteiger partial charge in [-0.15, -0.1) is 11.8 Å². The van der Waals surface area contributed by atoms with E-state index in [1.807, 2.05) is 0 Å². The number of primary amides is 1. The third-order valence-electron chi connectivity index (χ3n) is 4.46. The molecular weight excluding hydrogens is 438 g/mol. The van der Waals surface area contributed by atoms with Crippen LogP contribution in [0.3, 0.4) is 0 Å². The van der Waals surface area contributed by atoms with Crippen LogP contribution in [0.25, 0.3) is 0 Å². The van der Waals surface area contributed by atoms with Gasteiger partial charge in [0, 0.05) is 18.0 Å². The number of halogens is 2. The molecule has 0 spiro atoms. The maximum atomic E-state index is 14.7. The van der Waals surface area contributed by atoms with Crippen molar-refractivity contribution in [2.45, 2.75) is 38.9 Å². The van der Waals surface area contributed by atoms with Crippen LogP contribution in [0, 0.1) is 11.6 Å². The molecule has 10 heteroatoms. The smallest absolute Gasteiger partial charge is 0.268 e. The highest BCUT2D eigenvalue weighted by molar-refractivity contribution is 8.13. The van der Waals surface area contributed by atoms with Crippen LogP contribution in [0.5, 0.6) is 0 Å². The fourth-order valence-electron chi connectivity index (χ4n) is 2.59. The molecule has 0 unspecified atom stereocenters. The fourth-order valence-corrected chi connectivity index (χ4v) is 3.17. The molecule has 7 nitrogen and oxygen atoms in total. The number of benzene rings is 1. The van der Waals surface area contributed by atoms with Gasteiger partial charge in [0.05, 0.1) is 16.8 Å². The maximum absolute atomic E-state index is 14.7. The molecular formula is C22H26F2N4O3S. The lowest BCUT2D eigenvalue weighted by molar-refractivity contribution is -0.114. The Balaban J connectivity index is 2.41. The number of amides is 1. The number of nitrogens with zero attached hydrogens (tertiary/aromatic N) is 2. The molecule has 1 aromatic carbocycles. The van der Waals surface area contributed by atoms with Crippen molar-refractivity contribution >= 4 is 28.5 Å². The van der Waals surface area contributed by atoms with Crippen molar-refractivity contribution in [3.05, 3.63) is 70.7 Å². The van der Waals surface area contributed by atoms with E-state index in [9.17, 15) is 23.8 Å². The van der Waals surface area contributed by atoms with Gasteiger partial charge in [-0.05, 0) is 57.7 Å². The Hall–Kier alpha value is -2.82. The summed E-state index contributed by atoms with van der Waals surface area (Å²) in [6.45, 7) is 6.05. The summed E-state index contributed by atoms with van der Waals surface area (Å²) in [5, 5.41) is 22.6. The number of pyridine rings is 1. The summed E-state index contributed by atoms with van der Waals surface area (Å²) in [5.41, 5.74) is 2.81. The van der Waals surface area contributed by atoms with E-state index in [0.29, 0.717) is 11.4 Å². The topological polar surface area (TPSA) is 121 Å². The number of rotatable bonds is 7. The highest BCUT2D eigenvalue weighted by atomic mass is 32.2. The van der Waals surface area contributed by atoms with Gasteiger partial charge < -0.3 is 21.3 Å². The summed E-state index contributed by atoms with van der Waals surface area (Å²) in [6.07, 6.45) is 4.18. The summed E-state index contributed by atoms with van der Waals surface area (Å²) in [4.78, 5) is 20.0. The minimum atomic E-state index is -1.44. The van der Waals surface area contributed by atoms with Crippen LogP contribution in [0.1, 0.15) is 44.4 Å². The van der Waals surface area contributed by atoms with Crippen LogP contribution in [0.2, 0.25) is 0 Å². The third kappa shape index (κ3) is 6.35. The van der Waals surface area contributed by atoms with E-state index in [1.54, 1.807) is 32.2 Å². The van der Waals surface area contributed by atoms with Gasteiger partial charge in [0.25, 0.3) is 5.91 Å². The Morgan fingerprint density at radius 1 is 1.12 bits per heavy atom. The Morgan fingerprint density at radius 3 is 2.09 bits per heavy atom. The maximum Gasteiger partial charge on any atom is 0.268 e. The van der Waals surface area contributed by atoms with E-state index >= 15 is 0 Å². The number of nitrogens with one attached hydrogen (secondary N) is 1. The number of aliphatic imine (C=N–C) groups is 1. The summed E-state index contributed by atoms with van der Waals surface area (Å²) in [5.74, 6) is -2.46. The zero-order chi connectivity index (χ0) is 24.3. The molecule has 0 saturated heterocycles. The Morgan fingerprint density at radius 2 is 1.69 bits per heavy atom. The van der Waals surface area contributed by atoms with Gasteiger partial charge in [-0.2, -0.15) is 0 Å². The molecule has 2 rings (SSSR count). The monoisotopic (exact) mass is 464 g/mol. The first-order chi connectivity index (χ1) is 14.7. The molecule has 5 N–H and O–H groups in total. The molecule has 0 aliphatic carbocycles. The van der Waals surface area contributed by atoms with Crippen molar-refractivity contribution < 1.29 is 23.8 Å². The predicted octanol–water partition coefficient (Wildman–Crippen LogP) is 3.36. The zero-order valence-corrected chi connectivity index (χ0v) is 19.2. The van der Waals surface area contributed by atoms with Crippen LogP contribution in [-0.2, 0) is 16.0 Å². The molecule has 0 saturated carbocycles. The lowest BCUT2D eigenvalue weighted by Gasteiger charge is -2.19. The van der Waals surface area contributed by atoms with E-state index < -0.39 is 34.3 Å². The number of nitrogens with two attached hydrogens (primary N) is 1. The highest BCUT2D eigenvalue weighted by Gasteiger charge is 2.23. The molecule has 0 aliphatic heterocycles. The van der Waals surface area contributed by atoms with Gasteiger partial charge in [-0.3, -0.25) is 4.79 Å². The molecule has 0 radical (unpaired) electrons. The number of hydrogen-bond donors (Lipinski definition) is 4. The largest absolute Gasteiger partial charge is 0.386 e. The molecule has 0 atom stereocenters. The van der Waals surface area contributed by atoms with Crippen molar-refractivity contribution in [3.8, 4) is 0 Å². The third-order valence-corrected chi connectivity index (χ3v) is 5.14. The Labute approximate surface area is 189 Å². The van der Waals surface area contributed by atoms with Crippen molar-refractivity contribution in [2.24, 2.45) is 10.7 Å². The zero-order valence-electron chi connectivity index (χ0n) is 18.4. The number of aromatic nitrogens is 1. The first-order valence-electron chi connectivity index (χ1n) is 9.54. The van der Waals surface area contributed by atoms with Crippen molar-refractivity contribution in [2.75, 3.05) is 11.6 Å². The Kier molecular flexibility index (Phi) is 7.76. The first-order valence-corrected chi connectivity index (χ1v) is 10.8. The number of carbonyl (C=O) groups excluding carboxylic acids is 1. The first kappa shape index (κ1) is 25.4. The second-order valence-electron chi connectivity index (χ2n) is 8.02. The number of carbonyl (C=O) groups is 1. The normalized spacial score (nSPS) is 13.3. The summed E-state index contributed by atoms with van der Waals surface area (Å²) < 4.78 is 29.4. The van der Waals surface area contributed by atoms with Gasteiger partial charge in [0.15, 0.2) is 0 Å². The van der Waals surface area contributed by atoms with E-state index in [-0.39, 0.29) is 16.3 Å². The summed E-state index contributed by atoms with van der Waals surface area (Å²) in [6, 6.07) is 5.27. The lowest BCUT2D eigenvalue weighted by atomic mass is 9.96. The van der Waals surface area contributed by atoms with Crippen molar-refractivity contribution in [1.29, 1.82) is 0 Å². The van der Waals surface area contributed by atoms with Gasteiger partial charge in [-0.25, -0.2) is 18.8 Å². The van der Waals surface area contributed by atoms with Gasteiger partial charge in [0.1, 0.15) is 28.2 Å². The molecule has 0 aliphatic rings. The minimum absolute atomic E-state index is 0.0598. The van der Waals surface area contributed by atoms with Crippen LogP contribution in [-0.4, -0.2) is 32.4 Å². The van der Waals surface area contributed by atoms with Crippen LogP contribution >= 0.6 is 11.8 Å². The standard InChI is InChI=1S/C22H26F2N4O3S/c1-21(2,30)12-6-7-17(26-10-12)27-11-16(19(25)29)28-20(32-5)18-14(23)8-13(9-15(18)24)22(3,4)31/h6-11,30-31H,1-5H3,(H2,25,29)(H,26,27)/b16-11+,28-20?. The Bertz CT molecular complexity index is 1030. The summed E-state index contributed by atoms with van der Waals surface area (Å²) in [7, 11) is 0. The molecule has 0 fully saturated rings. The molecule has 172 valence electrons. The van der Waals surface area contributed by atoms with Gasteiger partial charge in [0.2, 0.25) is 0 Å². The van der Waals surface area contributed by atoms with E-state index in [2.05, 4.69) is 15.3 Å². The van der Waals surface area contributed by atoms with E-state index in [0.717, 1.165) is 23.9 Å². The molecule has 0 bridgehead atoms. The molecule has 2 aromatic rings. The second kappa shape index (κ2) is 9.76. The van der Waals surface area contributed by atoms with Gasteiger partial charge in [-0.1, -0.05) is 6.07 Å². The minimum Gasteiger partial charge on any atom is -0.386 e. The lowest BCUT2D eigenvalue weighted by Crippen LogP contribution is -2.18. The number of hydrogen-bond acceptors (Lipinski definition) is 7.